The molecule has 1 heterocycles. The van der Waals surface area contributed by atoms with Gasteiger partial charge in [0.05, 0.1) is 6.10 Å². The molecule has 2 atom stereocenters. The smallest absolute Gasteiger partial charge is 0.198 e. The largest absolute Gasteiger partial charge is 0.440 e. The molecule has 1 saturated carbocycles. The zero-order valence-electron chi connectivity index (χ0n) is 15.5. The van der Waals surface area contributed by atoms with Crippen molar-refractivity contribution >= 4 is 11.1 Å². The molecule has 0 aliphatic heterocycles. The van der Waals surface area contributed by atoms with Crippen LogP contribution in [-0.2, 0) is 12.0 Å². The highest BCUT2D eigenvalue weighted by Gasteiger charge is 2.26. The highest BCUT2D eigenvalue weighted by atomic mass is 16.3. The van der Waals surface area contributed by atoms with Crippen molar-refractivity contribution in [3.8, 4) is 0 Å². The number of aliphatic hydroxyl groups is 1. The van der Waals surface area contributed by atoms with Crippen LogP contribution in [0, 0.1) is 0 Å². The lowest BCUT2D eigenvalue weighted by atomic mass is 9.85. The fraction of sp³-hybridized carbons (Fsp3) is 0.650. The van der Waals surface area contributed by atoms with Crippen molar-refractivity contribution in [3.05, 3.63) is 29.2 Å². The van der Waals surface area contributed by atoms with E-state index in [2.05, 4.69) is 52.1 Å². The first-order chi connectivity index (χ1) is 11.3. The molecule has 1 aromatic heterocycles. The summed E-state index contributed by atoms with van der Waals surface area (Å²) >= 11 is 0. The van der Waals surface area contributed by atoms with Crippen LogP contribution in [0.15, 0.2) is 16.5 Å². The maximum absolute atomic E-state index is 10.00. The summed E-state index contributed by atoms with van der Waals surface area (Å²) < 4.78 is 6.07. The topological polar surface area (TPSA) is 58.3 Å². The van der Waals surface area contributed by atoms with E-state index in [1.54, 1.807) is 0 Å². The van der Waals surface area contributed by atoms with E-state index in [0.29, 0.717) is 0 Å². The number of hydrogen-bond donors (Lipinski definition) is 2. The van der Waals surface area contributed by atoms with E-state index in [1.807, 2.05) is 0 Å². The molecule has 2 aromatic rings. The fourth-order valence-electron chi connectivity index (χ4n) is 3.44. The average molecular weight is 330 g/mol. The van der Waals surface area contributed by atoms with E-state index in [1.165, 1.54) is 11.1 Å². The molecule has 0 radical (unpaired) electrons. The van der Waals surface area contributed by atoms with Gasteiger partial charge in [0, 0.05) is 24.1 Å². The van der Waals surface area contributed by atoms with Crippen LogP contribution < -0.4 is 5.32 Å². The zero-order chi connectivity index (χ0) is 17.5. The van der Waals surface area contributed by atoms with Crippen LogP contribution in [0.3, 0.4) is 0 Å². The number of fused-ring (bicyclic) bond motifs is 1. The molecule has 0 unspecified atom stereocenters. The van der Waals surface area contributed by atoms with Gasteiger partial charge in [-0.3, -0.25) is 0 Å². The molecule has 0 amide bonds. The average Bonchev–Trinajstić information content (AvgIpc) is 3.09. The number of aliphatic hydroxyl groups excluding tert-OH is 1. The van der Waals surface area contributed by atoms with Gasteiger partial charge in [0.2, 0.25) is 0 Å². The molecule has 1 aliphatic rings. The van der Waals surface area contributed by atoms with Crippen LogP contribution in [0.25, 0.3) is 11.1 Å². The number of rotatable bonds is 4. The summed E-state index contributed by atoms with van der Waals surface area (Å²) in [6.45, 7) is 11.6. The van der Waals surface area contributed by atoms with Gasteiger partial charge in [0.25, 0.3) is 0 Å². The van der Waals surface area contributed by atoms with Gasteiger partial charge < -0.3 is 14.8 Å². The Morgan fingerprint density at radius 1 is 1.29 bits per heavy atom. The molecule has 1 fully saturated rings. The van der Waals surface area contributed by atoms with E-state index in [9.17, 15) is 5.11 Å². The summed E-state index contributed by atoms with van der Waals surface area (Å²) in [7, 11) is 0. The predicted octanol–water partition coefficient (Wildman–Crippen LogP) is 4.25. The fourth-order valence-corrected chi connectivity index (χ4v) is 3.44. The highest BCUT2D eigenvalue weighted by molar-refractivity contribution is 5.78. The van der Waals surface area contributed by atoms with Crippen LogP contribution in [0.1, 0.15) is 76.8 Å². The van der Waals surface area contributed by atoms with Crippen LogP contribution in [0.5, 0.6) is 0 Å². The Kier molecular flexibility index (Phi) is 4.71. The Morgan fingerprint density at radius 2 is 2.04 bits per heavy atom. The molecular formula is C20H30N2O2. The van der Waals surface area contributed by atoms with Gasteiger partial charge in [-0.1, -0.05) is 40.7 Å². The van der Waals surface area contributed by atoms with Crippen molar-refractivity contribution in [3.63, 3.8) is 0 Å². The van der Waals surface area contributed by atoms with Gasteiger partial charge in [-0.05, 0) is 36.3 Å². The van der Waals surface area contributed by atoms with Gasteiger partial charge >= 0.3 is 0 Å². The number of hydrogen-bond acceptors (Lipinski definition) is 4. The number of nitrogens with zero attached hydrogens (tertiary/aromatic N) is 1. The standard InChI is InChI=1S/C20H30N2O2/c1-12(2)19-22-16-10-13(11-21-15-7-6-8-17(15)23)9-14(18(16)24-19)20(3,4)5/h9-10,12,15,17,21,23H,6-8,11H2,1-5H3/t15-,17+/m1/s1. The zero-order valence-corrected chi connectivity index (χ0v) is 15.5. The second-order valence-electron chi connectivity index (χ2n) is 8.43. The Bertz CT molecular complexity index is 712. The maximum atomic E-state index is 10.00. The first kappa shape index (κ1) is 17.4. The van der Waals surface area contributed by atoms with Crippen molar-refractivity contribution in [1.82, 2.24) is 10.3 Å². The van der Waals surface area contributed by atoms with Crippen LogP contribution in [0.4, 0.5) is 0 Å². The third-order valence-electron chi connectivity index (χ3n) is 4.92. The SMILES string of the molecule is CC(C)c1nc2cc(CN[C@@H]3CCC[C@@H]3O)cc(C(C)(C)C)c2o1. The summed E-state index contributed by atoms with van der Waals surface area (Å²) in [6, 6.07) is 4.56. The molecule has 0 spiro atoms. The number of benzene rings is 1. The monoisotopic (exact) mass is 330 g/mol. The molecule has 1 aromatic carbocycles. The Balaban J connectivity index is 1.93. The summed E-state index contributed by atoms with van der Waals surface area (Å²) in [6.07, 6.45) is 2.85. The van der Waals surface area contributed by atoms with Gasteiger partial charge in [-0.25, -0.2) is 4.98 Å². The van der Waals surface area contributed by atoms with Crippen LogP contribution >= 0.6 is 0 Å². The Labute approximate surface area is 144 Å². The minimum Gasteiger partial charge on any atom is -0.440 e. The molecule has 0 saturated heterocycles. The molecule has 1 aliphatic carbocycles. The van der Waals surface area contributed by atoms with Gasteiger partial charge in [-0.15, -0.1) is 0 Å². The van der Waals surface area contributed by atoms with E-state index >= 15 is 0 Å². The molecule has 24 heavy (non-hydrogen) atoms. The highest BCUT2D eigenvalue weighted by Crippen LogP contribution is 2.33. The minimum atomic E-state index is -0.213. The molecule has 4 heteroatoms. The van der Waals surface area contributed by atoms with Crippen molar-refractivity contribution in [2.75, 3.05) is 0 Å². The summed E-state index contributed by atoms with van der Waals surface area (Å²) in [4.78, 5) is 4.70. The molecule has 3 rings (SSSR count). The quantitative estimate of drug-likeness (QED) is 0.880. The molecule has 0 bridgehead atoms. The van der Waals surface area contributed by atoms with Crippen molar-refractivity contribution in [2.24, 2.45) is 0 Å². The summed E-state index contributed by atoms with van der Waals surface area (Å²) in [5.41, 5.74) is 4.25. The van der Waals surface area contributed by atoms with Crippen molar-refractivity contribution in [2.45, 2.75) is 83.9 Å². The third-order valence-corrected chi connectivity index (χ3v) is 4.92. The second kappa shape index (κ2) is 6.49. The molecule has 2 N–H and O–H groups in total. The van der Waals surface area contributed by atoms with Crippen LogP contribution in [0.2, 0.25) is 0 Å². The molecular weight excluding hydrogens is 300 g/mol. The van der Waals surface area contributed by atoms with Gasteiger partial charge in [0.15, 0.2) is 11.5 Å². The lowest BCUT2D eigenvalue weighted by Gasteiger charge is -2.21. The Hall–Kier alpha value is -1.39. The first-order valence-corrected chi connectivity index (χ1v) is 9.11. The Morgan fingerprint density at radius 3 is 2.62 bits per heavy atom. The van der Waals surface area contributed by atoms with Crippen LogP contribution in [-0.4, -0.2) is 22.2 Å². The van der Waals surface area contributed by atoms with E-state index in [-0.39, 0.29) is 23.5 Å². The van der Waals surface area contributed by atoms with E-state index in [4.69, 9.17) is 9.40 Å². The lowest BCUT2D eigenvalue weighted by molar-refractivity contribution is 0.148. The maximum Gasteiger partial charge on any atom is 0.198 e. The number of nitrogens with one attached hydrogen (secondary N) is 1. The lowest BCUT2D eigenvalue weighted by Crippen LogP contribution is -2.35. The normalized spacial score (nSPS) is 22.0. The minimum absolute atomic E-state index is 0.00504. The van der Waals surface area contributed by atoms with Gasteiger partial charge in [0.1, 0.15) is 5.52 Å². The van der Waals surface area contributed by atoms with Crippen molar-refractivity contribution in [1.29, 1.82) is 0 Å². The first-order valence-electron chi connectivity index (χ1n) is 9.11. The van der Waals surface area contributed by atoms with Crippen molar-refractivity contribution < 1.29 is 9.52 Å². The predicted molar refractivity (Wildman–Crippen MR) is 97.3 cm³/mol. The third kappa shape index (κ3) is 3.50. The van der Waals surface area contributed by atoms with Gasteiger partial charge in [-0.2, -0.15) is 0 Å². The van der Waals surface area contributed by atoms with E-state index < -0.39 is 0 Å². The number of aromatic nitrogens is 1. The summed E-state index contributed by atoms with van der Waals surface area (Å²) in [5.74, 6) is 1.08. The molecule has 4 nitrogen and oxygen atoms in total. The second-order valence-corrected chi connectivity index (χ2v) is 8.43. The molecule has 132 valence electrons. The number of oxazole rings is 1. The summed E-state index contributed by atoms with van der Waals surface area (Å²) in [5, 5.41) is 13.5. The van der Waals surface area contributed by atoms with E-state index in [0.717, 1.165) is 42.8 Å².